The Morgan fingerprint density at radius 2 is 1.62 bits per heavy atom. The third kappa shape index (κ3) is 3.41. The number of aromatic nitrogens is 2. The highest BCUT2D eigenvalue weighted by Crippen LogP contribution is 2.23. The molecule has 0 atom stereocenters. The van der Waals surface area contributed by atoms with E-state index in [0.29, 0.717) is 0 Å². The summed E-state index contributed by atoms with van der Waals surface area (Å²) in [6, 6.07) is 19.5. The fourth-order valence-corrected chi connectivity index (χ4v) is 2.39. The predicted octanol–water partition coefficient (Wildman–Crippen LogP) is 2.74. The lowest BCUT2D eigenvalue weighted by atomic mass is 10.1. The van der Waals surface area contributed by atoms with Gasteiger partial charge in [-0.3, -0.25) is 9.59 Å². The topological polar surface area (TPSA) is 64.0 Å². The largest absolute Gasteiger partial charge is 0.345 e. The van der Waals surface area contributed by atoms with E-state index in [0.717, 1.165) is 22.5 Å². The average molecular weight is 319 g/mol. The summed E-state index contributed by atoms with van der Waals surface area (Å²) >= 11 is 0. The summed E-state index contributed by atoms with van der Waals surface area (Å²) < 4.78 is 1.78. The van der Waals surface area contributed by atoms with Gasteiger partial charge in [-0.2, -0.15) is 5.10 Å². The van der Waals surface area contributed by atoms with Crippen molar-refractivity contribution in [2.24, 2.45) is 0 Å². The number of amides is 1. The van der Waals surface area contributed by atoms with Crippen LogP contribution in [-0.4, -0.2) is 21.5 Å². The van der Waals surface area contributed by atoms with E-state index in [1.54, 1.807) is 4.68 Å². The molecule has 1 amide bonds. The second-order valence-corrected chi connectivity index (χ2v) is 5.39. The van der Waals surface area contributed by atoms with Crippen LogP contribution in [0.3, 0.4) is 0 Å². The van der Waals surface area contributed by atoms with Gasteiger partial charge in [0, 0.05) is 30.8 Å². The molecule has 0 radical (unpaired) electrons. The molecule has 0 unspecified atom stereocenters. The van der Waals surface area contributed by atoms with Crippen LogP contribution in [0.25, 0.3) is 16.9 Å². The zero-order chi connectivity index (χ0) is 16.9. The minimum Gasteiger partial charge on any atom is -0.345 e. The number of carbonyl (C=O) groups is 2. The Bertz CT molecular complexity index is 855. The van der Waals surface area contributed by atoms with E-state index in [2.05, 4.69) is 10.4 Å². The third-order valence-corrected chi connectivity index (χ3v) is 3.62. The Balaban J connectivity index is 1.97. The standard InChI is InChI=1S/C19H17N3O2/c1-14(23)19(24)20-12-16-13-22(17-10-6-3-7-11-17)21-18(16)15-8-4-2-5-9-15/h2-11,13H,12H2,1H3,(H,20,24). The number of Topliss-reactive ketones (excluding diaryl/α,β-unsaturated/α-hetero) is 1. The van der Waals surface area contributed by atoms with E-state index in [-0.39, 0.29) is 6.54 Å². The lowest BCUT2D eigenvalue weighted by molar-refractivity contribution is -0.136. The van der Waals surface area contributed by atoms with Crippen LogP contribution in [0.15, 0.2) is 66.9 Å². The lowest BCUT2D eigenvalue weighted by Gasteiger charge is -2.03. The van der Waals surface area contributed by atoms with E-state index in [1.165, 1.54) is 6.92 Å². The highest BCUT2D eigenvalue weighted by Gasteiger charge is 2.14. The van der Waals surface area contributed by atoms with E-state index in [1.807, 2.05) is 66.9 Å². The Labute approximate surface area is 139 Å². The van der Waals surface area contributed by atoms with Crippen LogP contribution < -0.4 is 5.32 Å². The second kappa shape index (κ2) is 6.91. The third-order valence-electron chi connectivity index (χ3n) is 3.62. The Morgan fingerprint density at radius 1 is 1.00 bits per heavy atom. The number of hydrogen-bond donors (Lipinski definition) is 1. The first-order valence-corrected chi connectivity index (χ1v) is 7.63. The number of rotatable bonds is 5. The number of ketones is 1. The van der Waals surface area contributed by atoms with E-state index < -0.39 is 11.7 Å². The first-order chi connectivity index (χ1) is 11.6. The number of nitrogens with one attached hydrogen (secondary N) is 1. The highest BCUT2D eigenvalue weighted by molar-refractivity contribution is 6.35. The quantitative estimate of drug-likeness (QED) is 0.736. The molecular formula is C19H17N3O2. The molecule has 0 saturated heterocycles. The van der Waals surface area contributed by atoms with Crippen LogP contribution in [0, 0.1) is 0 Å². The molecule has 5 heteroatoms. The molecule has 24 heavy (non-hydrogen) atoms. The molecular weight excluding hydrogens is 302 g/mol. The van der Waals surface area contributed by atoms with Crippen molar-refractivity contribution in [2.75, 3.05) is 0 Å². The molecule has 0 bridgehead atoms. The summed E-state index contributed by atoms with van der Waals surface area (Å²) in [4.78, 5) is 22.7. The van der Waals surface area contributed by atoms with Crippen molar-refractivity contribution in [2.45, 2.75) is 13.5 Å². The molecule has 3 aromatic rings. The fraction of sp³-hybridized carbons (Fsp3) is 0.105. The van der Waals surface area contributed by atoms with Gasteiger partial charge in [-0.1, -0.05) is 48.5 Å². The summed E-state index contributed by atoms with van der Waals surface area (Å²) in [7, 11) is 0. The van der Waals surface area contributed by atoms with Crippen molar-refractivity contribution < 1.29 is 9.59 Å². The summed E-state index contributed by atoms with van der Waals surface area (Å²) in [5.41, 5.74) is 3.51. The molecule has 1 N–H and O–H groups in total. The fourth-order valence-electron chi connectivity index (χ4n) is 2.39. The van der Waals surface area contributed by atoms with Crippen molar-refractivity contribution >= 4 is 11.7 Å². The molecule has 0 spiro atoms. The van der Waals surface area contributed by atoms with Crippen molar-refractivity contribution in [3.63, 3.8) is 0 Å². The molecule has 2 aromatic carbocycles. The molecule has 3 rings (SSSR count). The number of benzene rings is 2. The molecule has 120 valence electrons. The van der Waals surface area contributed by atoms with Crippen molar-refractivity contribution in [1.82, 2.24) is 15.1 Å². The van der Waals surface area contributed by atoms with Crippen LogP contribution in [-0.2, 0) is 16.1 Å². The Morgan fingerprint density at radius 3 is 2.25 bits per heavy atom. The molecule has 0 fully saturated rings. The van der Waals surface area contributed by atoms with Gasteiger partial charge in [0.1, 0.15) is 0 Å². The number of carbonyl (C=O) groups excluding carboxylic acids is 2. The molecule has 0 aliphatic carbocycles. The van der Waals surface area contributed by atoms with Crippen LogP contribution in [0.4, 0.5) is 0 Å². The maximum atomic E-state index is 11.6. The first kappa shape index (κ1) is 15.7. The monoisotopic (exact) mass is 319 g/mol. The SMILES string of the molecule is CC(=O)C(=O)NCc1cn(-c2ccccc2)nc1-c1ccccc1. The zero-order valence-electron chi connectivity index (χ0n) is 13.3. The zero-order valence-corrected chi connectivity index (χ0v) is 13.3. The molecule has 1 heterocycles. The Kier molecular flexibility index (Phi) is 4.52. The lowest BCUT2D eigenvalue weighted by Crippen LogP contribution is -2.28. The maximum Gasteiger partial charge on any atom is 0.287 e. The molecule has 0 aliphatic rings. The summed E-state index contributed by atoms with van der Waals surface area (Å²) in [5, 5.41) is 7.29. The van der Waals surface area contributed by atoms with Gasteiger partial charge < -0.3 is 5.32 Å². The smallest absolute Gasteiger partial charge is 0.287 e. The van der Waals surface area contributed by atoms with Gasteiger partial charge in [-0.25, -0.2) is 4.68 Å². The van der Waals surface area contributed by atoms with Crippen molar-refractivity contribution in [1.29, 1.82) is 0 Å². The second-order valence-electron chi connectivity index (χ2n) is 5.39. The molecule has 0 saturated carbocycles. The van der Waals surface area contributed by atoms with Crippen LogP contribution in [0.5, 0.6) is 0 Å². The maximum absolute atomic E-state index is 11.6. The van der Waals surface area contributed by atoms with Crippen LogP contribution >= 0.6 is 0 Å². The van der Waals surface area contributed by atoms with Gasteiger partial charge in [0.05, 0.1) is 11.4 Å². The number of hydrogen-bond acceptors (Lipinski definition) is 3. The summed E-state index contributed by atoms with van der Waals surface area (Å²) in [6.07, 6.45) is 1.87. The van der Waals surface area contributed by atoms with E-state index in [4.69, 9.17) is 0 Å². The van der Waals surface area contributed by atoms with Gasteiger partial charge in [-0.15, -0.1) is 0 Å². The van der Waals surface area contributed by atoms with Gasteiger partial charge in [-0.05, 0) is 12.1 Å². The van der Waals surface area contributed by atoms with E-state index in [9.17, 15) is 9.59 Å². The number of para-hydroxylation sites is 1. The Hall–Kier alpha value is -3.21. The van der Waals surface area contributed by atoms with Gasteiger partial charge >= 0.3 is 0 Å². The minimum absolute atomic E-state index is 0.246. The molecule has 5 nitrogen and oxygen atoms in total. The first-order valence-electron chi connectivity index (χ1n) is 7.63. The van der Waals surface area contributed by atoms with E-state index >= 15 is 0 Å². The summed E-state index contributed by atoms with van der Waals surface area (Å²) in [6.45, 7) is 1.50. The average Bonchev–Trinajstić information content (AvgIpc) is 3.05. The van der Waals surface area contributed by atoms with Gasteiger partial charge in [0.15, 0.2) is 0 Å². The van der Waals surface area contributed by atoms with Crippen LogP contribution in [0.2, 0.25) is 0 Å². The van der Waals surface area contributed by atoms with Gasteiger partial charge in [0.2, 0.25) is 5.78 Å². The molecule has 1 aromatic heterocycles. The van der Waals surface area contributed by atoms with Crippen LogP contribution in [0.1, 0.15) is 12.5 Å². The minimum atomic E-state index is -0.596. The van der Waals surface area contributed by atoms with Crippen molar-refractivity contribution in [3.8, 4) is 16.9 Å². The normalized spacial score (nSPS) is 10.4. The highest BCUT2D eigenvalue weighted by atomic mass is 16.2. The van der Waals surface area contributed by atoms with Gasteiger partial charge in [0.25, 0.3) is 5.91 Å². The predicted molar refractivity (Wildman–Crippen MR) is 91.5 cm³/mol. The van der Waals surface area contributed by atoms with Crippen molar-refractivity contribution in [3.05, 3.63) is 72.4 Å². The summed E-state index contributed by atoms with van der Waals surface area (Å²) in [5.74, 6) is -1.10. The molecule has 0 aliphatic heterocycles. The number of nitrogens with zero attached hydrogens (tertiary/aromatic N) is 2.